The molecule has 0 saturated carbocycles. The zero-order chi connectivity index (χ0) is 17.5. The van der Waals surface area contributed by atoms with Crippen LogP contribution in [-0.4, -0.2) is 54.8 Å². The second-order valence-corrected chi connectivity index (χ2v) is 7.00. The van der Waals surface area contributed by atoms with Crippen LogP contribution in [0.5, 0.6) is 5.75 Å². The summed E-state index contributed by atoms with van der Waals surface area (Å²) in [5, 5.41) is 12.8. The Morgan fingerprint density at radius 1 is 1.38 bits per heavy atom. The first-order valence-electron chi connectivity index (χ1n) is 8.81. The number of β-amino-alcohol motifs (C(OH)–C–C–N with tert-alkyl or cyclic N) is 1. The minimum Gasteiger partial charge on any atom is -0.483 e. The van der Waals surface area contributed by atoms with E-state index in [-0.39, 0.29) is 19.1 Å². The third-order valence-electron chi connectivity index (χ3n) is 4.58. The summed E-state index contributed by atoms with van der Waals surface area (Å²) in [7, 11) is 0. The highest BCUT2D eigenvalue weighted by atomic mass is 16.5. The fourth-order valence-corrected chi connectivity index (χ4v) is 2.90. The Morgan fingerprint density at radius 2 is 2.08 bits per heavy atom. The van der Waals surface area contributed by atoms with Crippen molar-refractivity contribution in [2.24, 2.45) is 5.92 Å². The number of carbonyl (C=O) groups is 1. The number of aliphatic hydroxyl groups is 1. The molecule has 0 spiro atoms. The first-order chi connectivity index (χ1) is 11.4. The van der Waals surface area contributed by atoms with Gasteiger partial charge in [0.15, 0.2) is 6.61 Å². The Bertz CT molecular complexity index is 539. The van der Waals surface area contributed by atoms with Crippen molar-refractivity contribution in [1.82, 2.24) is 10.2 Å². The van der Waals surface area contributed by atoms with Crippen LogP contribution in [0.15, 0.2) is 18.2 Å². The maximum absolute atomic E-state index is 11.9. The topological polar surface area (TPSA) is 61.8 Å². The van der Waals surface area contributed by atoms with E-state index in [1.165, 1.54) is 12.8 Å². The van der Waals surface area contributed by atoms with Crippen LogP contribution in [0.25, 0.3) is 0 Å². The monoisotopic (exact) mass is 334 g/mol. The molecule has 2 rings (SSSR count). The Hall–Kier alpha value is -1.59. The molecule has 1 aromatic rings. The number of benzene rings is 1. The molecule has 1 aromatic carbocycles. The van der Waals surface area contributed by atoms with Crippen molar-refractivity contribution < 1.29 is 14.6 Å². The van der Waals surface area contributed by atoms with E-state index in [9.17, 15) is 9.90 Å². The van der Waals surface area contributed by atoms with E-state index in [4.69, 9.17) is 4.74 Å². The van der Waals surface area contributed by atoms with Gasteiger partial charge < -0.3 is 20.1 Å². The van der Waals surface area contributed by atoms with Gasteiger partial charge in [-0.1, -0.05) is 19.1 Å². The Morgan fingerprint density at radius 3 is 2.79 bits per heavy atom. The van der Waals surface area contributed by atoms with Crippen molar-refractivity contribution in [3.05, 3.63) is 29.3 Å². The van der Waals surface area contributed by atoms with Crippen LogP contribution < -0.4 is 10.1 Å². The average molecular weight is 334 g/mol. The minimum absolute atomic E-state index is 0.0295. The maximum Gasteiger partial charge on any atom is 0.258 e. The fourth-order valence-electron chi connectivity index (χ4n) is 2.90. The summed E-state index contributed by atoms with van der Waals surface area (Å²) >= 11 is 0. The van der Waals surface area contributed by atoms with Gasteiger partial charge in [-0.25, -0.2) is 0 Å². The molecule has 134 valence electrons. The smallest absolute Gasteiger partial charge is 0.258 e. The number of piperidine rings is 1. The number of hydrogen-bond donors (Lipinski definition) is 2. The molecule has 1 aliphatic rings. The number of nitrogens with zero attached hydrogens (tertiary/aromatic N) is 1. The molecule has 1 atom stereocenters. The Kier molecular flexibility index (Phi) is 7.06. The van der Waals surface area contributed by atoms with Crippen molar-refractivity contribution in [2.75, 3.05) is 32.8 Å². The van der Waals surface area contributed by atoms with Crippen LogP contribution in [0.3, 0.4) is 0 Å². The van der Waals surface area contributed by atoms with Crippen LogP contribution in [0.2, 0.25) is 0 Å². The van der Waals surface area contributed by atoms with Gasteiger partial charge in [-0.05, 0) is 62.9 Å². The van der Waals surface area contributed by atoms with Crippen molar-refractivity contribution in [2.45, 2.75) is 39.7 Å². The number of likely N-dealkylation sites (tertiary alicyclic amines) is 1. The third-order valence-corrected chi connectivity index (χ3v) is 4.58. The van der Waals surface area contributed by atoms with E-state index in [1.807, 2.05) is 32.0 Å². The molecule has 1 aliphatic heterocycles. The molecule has 5 nitrogen and oxygen atoms in total. The lowest BCUT2D eigenvalue weighted by Crippen LogP contribution is -2.43. The van der Waals surface area contributed by atoms with Crippen molar-refractivity contribution in [3.63, 3.8) is 0 Å². The van der Waals surface area contributed by atoms with E-state index in [1.54, 1.807) is 0 Å². The second-order valence-electron chi connectivity index (χ2n) is 7.00. The molecule has 0 aromatic heterocycles. The van der Waals surface area contributed by atoms with Gasteiger partial charge >= 0.3 is 0 Å². The molecule has 0 radical (unpaired) electrons. The number of hydrogen-bond acceptors (Lipinski definition) is 4. The summed E-state index contributed by atoms with van der Waals surface area (Å²) < 4.78 is 5.57. The zero-order valence-corrected chi connectivity index (χ0v) is 15.0. The highest BCUT2D eigenvalue weighted by molar-refractivity contribution is 5.77. The molecule has 1 amide bonds. The summed E-state index contributed by atoms with van der Waals surface area (Å²) in [6, 6.07) is 5.92. The molecule has 2 N–H and O–H groups in total. The second kappa shape index (κ2) is 9.04. The summed E-state index contributed by atoms with van der Waals surface area (Å²) in [5.41, 5.74) is 2.11. The Balaban J connectivity index is 1.66. The minimum atomic E-state index is -0.539. The third kappa shape index (κ3) is 6.13. The number of ether oxygens (including phenoxy) is 1. The highest BCUT2D eigenvalue weighted by Crippen LogP contribution is 2.19. The molecular weight excluding hydrogens is 304 g/mol. The van der Waals surface area contributed by atoms with E-state index < -0.39 is 6.10 Å². The van der Waals surface area contributed by atoms with Crippen LogP contribution in [0.1, 0.15) is 30.9 Å². The molecule has 5 heteroatoms. The number of aliphatic hydroxyl groups excluding tert-OH is 1. The fraction of sp³-hybridized carbons (Fsp3) is 0.632. The van der Waals surface area contributed by atoms with Gasteiger partial charge in [-0.2, -0.15) is 0 Å². The largest absolute Gasteiger partial charge is 0.483 e. The number of amides is 1. The van der Waals surface area contributed by atoms with Crippen LogP contribution in [0.4, 0.5) is 0 Å². The number of carbonyl (C=O) groups excluding carboxylic acids is 1. The quantitative estimate of drug-likeness (QED) is 0.799. The van der Waals surface area contributed by atoms with Gasteiger partial charge in [-0.3, -0.25) is 4.79 Å². The summed E-state index contributed by atoms with van der Waals surface area (Å²) in [4.78, 5) is 14.2. The van der Waals surface area contributed by atoms with Crippen molar-refractivity contribution >= 4 is 5.91 Å². The van der Waals surface area contributed by atoms with Gasteiger partial charge in [0.2, 0.25) is 0 Å². The van der Waals surface area contributed by atoms with E-state index >= 15 is 0 Å². The zero-order valence-electron chi connectivity index (χ0n) is 15.0. The Labute approximate surface area is 145 Å². The van der Waals surface area contributed by atoms with E-state index in [0.717, 1.165) is 35.9 Å². The highest BCUT2D eigenvalue weighted by Gasteiger charge is 2.18. The lowest BCUT2D eigenvalue weighted by molar-refractivity contribution is -0.123. The van der Waals surface area contributed by atoms with Crippen LogP contribution >= 0.6 is 0 Å². The maximum atomic E-state index is 11.9. The molecule has 0 aliphatic carbocycles. The number of nitrogens with one attached hydrogen (secondary N) is 1. The standard InChI is InChI=1S/C19H30N2O3/c1-14-6-8-21(9-7-14)12-17(22)11-20-19(23)13-24-18-10-15(2)4-5-16(18)3/h4-5,10,14,17,22H,6-9,11-13H2,1-3H3,(H,20,23). The first kappa shape index (κ1) is 18.7. The van der Waals surface area contributed by atoms with Gasteiger partial charge in [0, 0.05) is 13.1 Å². The predicted octanol–water partition coefficient (Wildman–Crippen LogP) is 1.89. The molecule has 1 fully saturated rings. The molecule has 1 heterocycles. The molecule has 24 heavy (non-hydrogen) atoms. The summed E-state index contributed by atoms with van der Waals surface area (Å²) in [6.07, 6.45) is 1.83. The summed E-state index contributed by atoms with van der Waals surface area (Å²) in [5.74, 6) is 1.30. The average Bonchev–Trinajstić information content (AvgIpc) is 2.56. The van der Waals surface area contributed by atoms with Gasteiger partial charge in [0.25, 0.3) is 5.91 Å². The van der Waals surface area contributed by atoms with Crippen molar-refractivity contribution in [1.29, 1.82) is 0 Å². The molecule has 1 saturated heterocycles. The number of aryl methyl sites for hydroxylation is 2. The predicted molar refractivity (Wildman–Crippen MR) is 95.3 cm³/mol. The molecule has 0 bridgehead atoms. The summed E-state index contributed by atoms with van der Waals surface area (Å²) in [6.45, 7) is 9.12. The van der Waals surface area contributed by atoms with Gasteiger partial charge in [-0.15, -0.1) is 0 Å². The van der Waals surface area contributed by atoms with Crippen molar-refractivity contribution in [3.8, 4) is 5.75 Å². The first-order valence-corrected chi connectivity index (χ1v) is 8.81. The van der Waals surface area contributed by atoms with Crippen LogP contribution in [-0.2, 0) is 4.79 Å². The van der Waals surface area contributed by atoms with Crippen LogP contribution in [0, 0.1) is 19.8 Å². The molecular formula is C19H30N2O3. The van der Waals surface area contributed by atoms with E-state index in [2.05, 4.69) is 17.1 Å². The van der Waals surface area contributed by atoms with Gasteiger partial charge in [0.1, 0.15) is 5.75 Å². The normalized spacial score (nSPS) is 17.5. The SMILES string of the molecule is Cc1ccc(C)c(OCC(=O)NCC(O)CN2CCC(C)CC2)c1. The molecule has 1 unspecified atom stereocenters. The lowest BCUT2D eigenvalue weighted by atomic mass is 9.99. The lowest BCUT2D eigenvalue weighted by Gasteiger charge is -2.31. The number of rotatable bonds is 7. The van der Waals surface area contributed by atoms with Gasteiger partial charge in [0.05, 0.1) is 6.10 Å². The van der Waals surface area contributed by atoms with E-state index in [0.29, 0.717) is 6.54 Å².